The van der Waals surface area contributed by atoms with E-state index in [1.165, 1.54) is 55.5 Å². The van der Waals surface area contributed by atoms with Crippen LogP contribution in [0.2, 0.25) is 0 Å². The largest absolute Gasteiger partial charge is 0.457 e. The minimum absolute atomic E-state index is 0.180. The van der Waals surface area contributed by atoms with Crippen LogP contribution in [0, 0.1) is 0 Å². The quantitative estimate of drug-likeness (QED) is 0.177. The molecule has 0 amide bonds. The molecule has 11 aromatic rings. The number of fused-ring (bicyclic) bond motifs is 16. The van der Waals surface area contributed by atoms with Crippen molar-refractivity contribution in [1.82, 2.24) is 0 Å². The molecule has 0 fully saturated rings. The van der Waals surface area contributed by atoms with E-state index in [2.05, 4.69) is 225 Å². The zero-order valence-corrected chi connectivity index (χ0v) is 36.0. The first-order valence-electron chi connectivity index (χ1n) is 22.6. The fourth-order valence-electron chi connectivity index (χ4n) is 12.0. The molecule has 3 aliphatic rings. The van der Waals surface area contributed by atoms with Crippen LogP contribution in [0.1, 0.15) is 47.2 Å². The van der Waals surface area contributed by atoms with Gasteiger partial charge in [0.25, 0.3) is 0 Å². The van der Waals surface area contributed by atoms with Gasteiger partial charge >= 0.3 is 0 Å². The summed E-state index contributed by atoms with van der Waals surface area (Å²) in [6.07, 6.45) is 0. The van der Waals surface area contributed by atoms with E-state index >= 15 is 0 Å². The number of hydrogen-bond donors (Lipinski definition) is 0. The normalized spacial score (nSPS) is 14.4. The Morgan fingerprint density at radius 2 is 0.877 bits per heavy atom. The fraction of sp³-hybridized carbons (Fsp3) is 0.0645. The van der Waals surface area contributed by atoms with Gasteiger partial charge in [0, 0.05) is 44.1 Å². The summed E-state index contributed by atoms with van der Waals surface area (Å²) in [5, 5.41) is 4.59. The number of ether oxygens (including phenoxy) is 1. The monoisotopic (exact) mass is 831 g/mol. The molecule has 10 aromatic carbocycles. The number of nitrogens with zero attached hydrogens (tertiary/aromatic N) is 1. The number of furan rings is 1. The second kappa shape index (κ2) is 13.2. The number of para-hydroxylation sites is 2. The lowest BCUT2D eigenvalue weighted by atomic mass is 9.66. The van der Waals surface area contributed by atoms with Gasteiger partial charge < -0.3 is 14.1 Å². The van der Waals surface area contributed by atoms with Crippen LogP contribution in [0.25, 0.3) is 66.1 Å². The highest BCUT2D eigenvalue weighted by atomic mass is 16.5. The SMILES string of the molecule is CC1(C)c2ccccc2-c2ccc(N(c3ccc4c(c3)C3(c5ccccc5O4)c4ccccc4-c4ccccc43)c3ccc(-c4cccc5oc6ccccc6c45)c4ccccc34)cc21. The number of benzene rings is 10. The molecule has 2 aliphatic carbocycles. The van der Waals surface area contributed by atoms with Gasteiger partial charge in [0.05, 0.1) is 11.1 Å². The van der Waals surface area contributed by atoms with Gasteiger partial charge in [0.15, 0.2) is 0 Å². The first kappa shape index (κ1) is 36.4. The second-order valence-corrected chi connectivity index (χ2v) is 18.3. The van der Waals surface area contributed by atoms with E-state index in [1.54, 1.807) is 0 Å². The Bertz CT molecular complexity index is 3770. The van der Waals surface area contributed by atoms with Crippen LogP contribution < -0.4 is 9.64 Å². The maximum Gasteiger partial charge on any atom is 0.136 e. The Balaban J connectivity index is 1.05. The average Bonchev–Trinajstić information content (AvgIpc) is 3.96. The highest BCUT2D eigenvalue weighted by Crippen LogP contribution is 2.63. The second-order valence-electron chi connectivity index (χ2n) is 18.3. The van der Waals surface area contributed by atoms with Gasteiger partial charge in [0.1, 0.15) is 22.7 Å². The molecule has 14 rings (SSSR count). The van der Waals surface area contributed by atoms with E-state index in [4.69, 9.17) is 9.15 Å². The molecule has 0 bridgehead atoms. The van der Waals surface area contributed by atoms with Crippen LogP contribution in [0.4, 0.5) is 17.1 Å². The summed E-state index contributed by atoms with van der Waals surface area (Å²) in [5.74, 6) is 1.75. The third kappa shape index (κ3) is 4.85. The highest BCUT2D eigenvalue weighted by Gasteiger charge is 2.51. The van der Waals surface area contributed by atoms with E-state index in [0.29, 0.717) is 0 Å². The van der Waals surface area contributed by atoms with Gasteiger partial charge in [-0.15, -0.1) is 0 Å². The van der Waals surface area contributed by atoms with E-state index < -0.39 is 5.41 Å². The van der Waals surface area contributed by atoms with E-state index in [9.17, 15) is 0 Å². The fourth-order valence-corrected chi connectivity index (χ4v) is 12.0. The summed E-state index contributed by atoms with van der Waals surface area (Å²) < 4.78 is 13.3. The van der Waals surface area contributed by atoms with E-state index in [1.807, 2.05) is 6.07 Å². The predicted molar refractivity (Wildman–Crippen MR) is 266 cm³/mol. The van der Waals surface area contributed by atoms with Gasteiger partial charge in [-0.05, 0) is 116 Å². The zero-order chi connectivity index (χ0) is 43.0. The lowest BCUT2D eigenvalue weighted by Crippen LogP contribution is -2.32. The van der Waals surface area contributed by atoms with Crippen molar-refractivity contribution in [2.75, 3.05) is 4.90 Å². The molecule has 0 unspecified atom stereocenters. The Labute approximate surface area is 377 Å². The van der Waals surface area contributed by atoms with Crippen molar-refractivity contribution in [3.8, 4) is 44.9 Å². The Kier molecular flexibility index (Phi) is 7.38. The Morgan fingerprint density at radius 3 is 1.65 bits per heavy atom. The third-order valence-corrected chi connectivity index (χ3v) is 14.7. The Morgan fingerprint density at radius 1 is 0.354 bits per heavy atom. The molecule has 3 heteroatoms. The first-order chi connectivity index (χ1) is 32.0. The van der Waals surface area contributed by atoms with Crippen LogP contribution in [-0.4, -0.2) is 0 Å². The lowest BCUT2D eigenvalue weighted by Gasteiger charge is -2.40. The van der Waals surface area contributed by atoms with Gasteiger partial charge in [-0.25, -0.2) is 0 Å². The van der Waals surface area contributed by atoms with Crippen LogP contribution in [0.15, 0.2) is 217 Å². The molecule has 3 nitrogen and oxygen atoms in total. The lowest BCUT2D eigenvalue weighted by molar-refractivity contribution is 0.436. The molecule has 1 spiro atoms. The summed E-state index contributed by atoms with van der Waals surface area (Å²) in [6.45, 7) is 4.73. The van der Waals surface area contributed by atoms with Crippen molar-refractivity contribution in [2.24, 2.45) is 0 Å². The summed E-state index contributed by atoms with van der Waals surface area (Å²) in [6, 6.07) is 77.7. The smallest absolute Gasteiger partial charge is 0.136 e. The van der Waals surface area contributed by atoms with Crippen molar-refractivity contribution in [3.63, 3.8) is 0 Å². The van der Waals surface area contributed by atoms with Crippen molar-refractivity contribution >= 4 is 49.8 Å². The van der Waals surface area contributed by atoms with Crippen molar-refractivity contribution < 1.29 is 9.15 Å². The molecule has 306 valence electrons. The molecular weight excluding hydrogens is 791 g/mol. The minimum atomic E-state index is -0.599. The van der Waals surface area contributed by atoms with Gasteiger partial charge in [0.2, 0.25) is 0 Å². The van der Waals surface area contributed by atoms with Gasteiger partial charge in [-0.2, -0.15) is 0 Å². The molecule has 2 heterocycles. The van der Waals surface area contributed by atoms with Gasteiger partial charge in [-0.3, -0.25) is 0 Å². The zero-order valence-electron chi connectivity index (χ0n) is 36.0. The molecule has 0 atom stereocenters. The molecule has 1 aliphatic heterocycles. The molecule has 0 N–H and O–H groups in total. The molecule has 0 saturated carbocycles. The standard InChI is InChI=1S/C62H41NO2/c1-61(2)49-23-9-5-17-42(49)45-32-30-38(36-53(45)61)63(55-34-33-41(40-16-3-4-20-46(40)55)47-22-15-29-59-60(47)48-21-8-13-27-56(48)64-59)39-31-35-58-54(37-39)62(52-26-12-14-28-57(52)65-58)50-24-10-6-18-43(50)44-19-7-11-25-51(44)62/h3-37H,1-2H3. The molecule has 0 saturated heterocycles. The summed E-state index contributed by atoms with van der Waals surface area (Å²) in [5.41, 5.74) is 19.2. The van der Waals surface area contributed by atoms with Crippen LogP contribution in [0.3, 0.4) is 0 Å². The maximum absolute atomic E-state index is 6.93. The third-order valence-electron chi connectivity index (χ3n) is 14.7. The average molecular weight is 832 g/mol. The number of hydrogen-bond acceptors (Lipinski definition) is 3. The summed E-state index contributed by atoms with van der Waals surface area (Å²) in [4.78, 5) is 2.49. The number of rotatable bonds is 4. The van der Waals surface area contributed by atoms with Crippen molar-refractivity contribution in [2.45, 2.75) is 24.7 Å². The minimum Gasteiger partial charge on any atom is -0.457 e. The summed E-state index contributed by atoms with van der Waals surface area (Å²) in [7, 11) is 0. The van der Waals surface area contributed by atoms with E-state index in [0.717, 1.165) is 72.6 Å². The first-order valence-corrected chi connectivity index (χ1v) is 22.6. The highest BCUT2D eigenvalue weighted by molar-refractivity contribution is 6.17. The van der Waals surface area contributed by atoms with Crippen molar-refractivity contribution in [3.05, 3.63) is 246 Å². The van der Waals surface area contributed by atoms with Crippen LogP contribution in [0.5, 0.6) is 11.5 Å². The van der Waals surface area contributed by atoms with Crippen molar-refractivity contribution in [1.29, 1.82) is 0 Å². The van der Waals surface area contributed by atoms with Crippen LogP contribution >= 0.6 is 0 Å². The Hall–Kier alpha value is -8.14. The molecule has 0 radical (unpaired) electrons. The molecular formula is C62H41NO2. The predicted octanol–water partition coefficient (Wildman–Crippen LogP) is 16.7. The number of anilines is 3. The maximum atomic E-state index is 6.93. The van der Waals surface area contributed by atoms with Crippen LogP contribution in [-0.2, 0) is 10.8 Å². The topological polar surface area (TPSA) is 25.6 Å². The molecule has 1 aromatic heterocycles. The van der Waals surface area contributed by atoms with Gasteiger partial charge in [-0.1, -0.05) is 172 Å². The summed E-state index contributed by atoms with van der Waals surface area (Å²) >= 11 is 0. The van der Waals surface area contributed by atoms with E-state index in [-0.39, 0.29) is 5.41 Å². The molecule has 65 heavy (non-hydrogen) atoms.